The molecule has 92 valence electrons. The summed E-state index contributed by atoms with van der Waals surface area (Å²) in [6.45, 7) is 0. The largest absolute Gasteiger partial charge is 0.321 e. The molecule has 1 saturated carbocycles. The second kappa shape index (κ2) is 4.60. The predicted molar refractivity (Wildman–Crippen MR) is 78.5 cm³/mol. The zero-order chi connectivity index (χ0) is 11.9. The van der Waals surface area contributed by atoms with Gasteiger partial charge in [0.1, 0.15) is 0 Å². The fraction of sp³-hybridized carbons (Fsp3) is 0.571. The molecular formula is C14H18BrNS. The van der Waals surface area contributed by atoms with Crippen LogP contribution < -0.4 is 5.73 Å². The first-order valence-corrected chi connectivity index (χ1v) is 8.30. The fourth-order valence-corrected chi connectivity index (χ4v) is 4.41. The van der Waals surface area contributed by atoms with Gasteiger partial charge in [-0.15, -0.1) is 0 Å². The van der Waals surface area contributed by atoms with E-state index in [1.165, 1.54) is 39.9 Å². The molecule has 1 aromatic carbocycles. The summed E-state index contributed by atoms with van der Waals surface area (Å²) in [5.41, 5.74) is 9.02. The number of nitrogens with two attached hydrogens (primary N) is 1. The molecule has 1 aliphatic heterocycles. The van der Waals surface area contributed by atoms with Crippen LogP contribution in [0.4, 0.5) is 0 Å². The highest BCUT2D eigenvalue weighted by atomic mass is 79.9. The Balaban J connectivity index is 1.85. The summed E-state index contributed by atoms with van der Waals surface area (Å²) < 4.78 is 1.27. The Labute approximate surface area is 116 Å². The number of benzene rings is 1. The van der Waals surface area contributed by atoms with Crippen LogP contribution in [-0.4, -0.2) is 11.5 Å². The zero-order valence-electron chi connectivity index (χ0n) is 9.92. The maximum Gasteiger partial charge on any atom is 0.0411 e. The lowest BCUT2D eigenvalue weighted by Gasteiger charge is -2.23. The van der Waals surface area contributed by atoms with Crippen molar-refractivity contribution in [3.63, 3.8) is 0 Å². The predicted octanol–water partition coefficient (Wildman–Crippen LogP) is 4.01. The zero-order valence-corrected chi connectivity index (χ0v) is 12.3. The molecule has 1 aliphatic carbocycles. The topological polar surface area (TPSA) is 26.0 Å². The van der Waals surface area contributed by atoms with Crippen molar-refractivity contribution >= 4 is 27.7 Å². The third kappa shape index (κ3) is 2.42. The Hall–Kier alpha value is 0.01000. The van der Waals surface area contributed by atoms with E-state index in [0.29, 0.717) is 0 Å². The second-order valence-electron chi connectivity index (χ2n) is 5.28. The number of thioether (sulfide) groups is 1. The highest BCUT2D eigenvalue weighted by Gasteiger charge is 2.40. The molecule has 2 fully saturated rings. The lowest BCUT2D eigenvalue weighted by atomic mass is 9.91. The molecule has 1 saturated heterocycles. The summed E-state index contributed by atoms with van der Waals surface area (Å²) in [6, 6.07) is 6.80. The fourth-order valence-electron chi connectivity index (χ4n) is 2.60. The molecule has 0 spiro atoms. The SMILES string of the molecule is NC1(c2ccc(C3CCSCC3)c(Br)c2)CC1. The Kier molecular flexibility index (Phi) is 3.26. The summed E-state index contributed by atoms with van der Waals surface area (Å²) in [7, 11) is 0. The van der Waals surface area contributed by atoms with E-state index in [9.17, 15) is 0 Å². The maximum absolute atomic E-state index is 6.24. The minimum Gasteiger partial charge on any atom is -0.321 e. The van der Waals surface area contributed by atoms with Crippen molar-refractivity contribution in [2.75, 3.05) is 11.5 Å². The Bertz CT molecular complexity index is 422. The van der Waals surface area contributed by atoms with Crippen LogP contribution in [0.25, 0.3) is 0 Å². The highest BCUT2D eigenvalue weighted by molar-refractivity contribution is 9.10. The van der Waals surface area contributed by atoms with Crippen molar-refractivity contribution in [3.8, 4) is 0 Å². The minimum absolute atomic E-state index is 0.0104. The molecule has 2 aliphatic rings. The van der Waals surface area contributed by atoms with Gasteiger partial charge in [-0.05, 0) is 60.3 Å². The van der Waals surface area contributed by atoms with Crippen LogP contribution in [0.2, 0.25) is 0 Å². The molecule has 1 aromatic rings. The summed E-state index contributed by atoms with van der Waals surface area (Å²) in [5.74, 6) is 3.35. The molecule has 1 nitrogen and oxygen atoms in total. The van der Waals surface area contributed by atoms with Gasteiger partial charge in [0.15, 0.2) is 0 Å². The first-order chi connectivity index (χ1) is 8.19. The Morgan fingerprint density at radius 2 is 1.94 bits per heavy atom. The number of halogens is 1. The Morgan fingerprint density at radius 1 is 1.24 bits per heavy atom. The van der Waals surface area contributed by atoms with E-state index in [1.807, 2.05) is 0 Å². The van der Waals surface area contributed by atoms with Gasteiger partial charge in [0, 0.05) is 10.0 Å². The normalized spacial score (nSPS) is 23.6. The van der Waals surface area contributed by atoms with Crippen molar-refractivity contribution in [2.45, 2.75) is 37.1 Å². The van der Waals surface area contributed by atoms with Crippen molar-refractivity contribution in [1.29, 1.82) is 0 Å². The van der Waals surface area contributed by atoms with Gasteiger partial charge in [-0.2, -0.15) is 11.8 Å². The number of rotatable bonds is 2. The summed E-state index contributed by atoms with van der Waals surface area (Å²) >= 11 is 5.82. The maximum atomic E-state index is 6.24. The molecule has 0 bridgehead atoms. The van der Waals surface area contributed by atoms with E-state index in [4.69, 9.17) is 5.73 Å². The Morgan fingerprint density at radius 3 is 2.53 bits per heavy atom. The smallest absolute Gasteiger partial charge is 0.0411 e. The van der Waals surface area contributed by atoms with Gasteiger partial charge in [0.2, 0.25) is 0 Å². The van der Waals surface area contributed by atoms with Crippen LogP contribution in [-0.2, 0) is 5.54 Å². The van der Waals surface area contributed by atoms with Gasteiger partial charge >= 0.3 is 0 Å². The lowest BCUT2D eigenvalue weighted by Crippen LogP contribution is -2.19. The quantitative estimate of drug-likeness (QED) is 0.893. The lowest BCUT2D eigenvalue weighted by molar-refractivity contribution is 0.633. The van der Waals surface area contributed by atoms with Gasteiger partial charge in [0.25, 0.3) is 0 Å². The van der Waals surface area contributed by atoms with E-state index in [2.05, 4.69) is 45.9 Å². The molecular weight excluding hydrogens is 294 g/mol. The average Bonchev–Trinajstić information content (AvgIpc) is 3.10. The molecule has 2 N–H and O–H groups in total. The third-order valence-electron chi connectivity index (χ3n) is 4.03. The van der Waals surface area contributed by atoms with Crippen LogP contribution >= 0.6 is 27.7 Å². The van der Waals surface area contributed by atoms with E-state index in [1.54, 1.807) is 0 Å². The summed E-state index contributed by atoms with van der Waals surface area (Å²) in [6.07, 6.45) is 4.91. The second-order valence-corrected chi connectivity index (χ2v) is 7.36. The van der Waals surface area contributed by atoms with Gasteiger partial charge in [-0.1, -0.05) is 28.1 Å². The minimum atomic E-state index is -0.0104. The molecule has 0 unspecified atom stereocenters. The van der Waals surface area contributed by atoms with Crippen molar-refractivity contribution in [2.24, 2.45) is 5.73 Å². The standard InChI is InChI=1S/C14H18BrNS/c15-13-9-11(14(16)5-6-14)1-2-12(13)10-3-7-17-8-4-10/h1-2,9-10H,3-8,16H2. The van der Waals surface area contributed by atoms with Crippen LogP contribution in [0.1, 0.15) is 42.7 Å². The van der Waals surface area contributed by atoms with Gasteiger partial charge in [-0.3, -0.25) is 0 Å². The molecule has 0 aromatic heterocycles. The monoisotopic (exact) mass is 311 g/mol. The number of hydrogen-bond acceptors (Lipinski definition) is 2. The van der Waals surface area contributed by atoms with Crippen LogP contribution in [0, 0.1) is 0 Å². The molecule has 0 amide bonds. The first kappa shape index (κ1) is 12.1. The van der Waals surface area contributed by atoms with E-state index in [-0.39, 0.29) is 5.54 Å². The molecule has 3 heteroatoms. The molecule has 0 radical (unpaired) electrons. The molecule has 17 heavy (non-hydrogen) atoms. The van der Waals surface area contributed by atoms with Gasteiger partial charge in [0.05, 0.1) is 0 Å². The van der Waals surface area contributed by atoms with E-state index >= 15 is 0 Å². The third-order valence-corrected chi connectivity index (χ3v) is 5.76. The van der Waals surface area contributed by atoms with Crippen molar-refractivity contribution in [1.82, 2.24) is 0 Å². The van der Waals surface area contributed by atoms with Gasteiger partial charge in [-0.25, -0.2) is 0 Å². The molecule has 3 rings (SSSR count). The number of hydrogen-bond donors (Lipinski definition) is 1. The molecule has 0 atom stereocenters. The summed E-state index contributed by atoms with van der Waals surface area (Å²) in [4.78, 5) is 0. The van der Waals surface area contributed by atoms with Crippen LogP contribution in [0.5, 0.6) is 0 Å². The highest BCUT2D eigenvalue weighted by Crippen LogP contribution is 2.45. The van der Waals surface area contributed by atoms with E-state index < -0.39 is 0 Å². The van der Waals surface area contributed by atoms with E-state index in [0.717, 1.165) is 18.8 Å². The average molecular weight is 312 g/mol. The van der Waals surface area contributed by atoms with Crippen molar-refractivity contribution in [3.05, 3.63) is 33.8 Å². The van der Waals surface area contributed by atoms with Gasteiger partial charge < -0.3 is 5.73 Å². The van der Waals surface area contributed by atoms with Crippen LogP contribution in [0.3, 0.4) is 0 Å². The first-order valence-electron chi connectivity index (χ1n) is 6.36. The summed E-state index contributed by atoms with van der Waals surface area (Å²) in [5, 5.41) is 0. The van der Waals surface area contributed by atoms with Crippen LogP contribution in [0.15, 0.2) is 22.7 Å². The molecule has 1 heterocycles. The van der Waals surface area contributed by atoms with Crippen molar-refractivity contribution < 1.29 is 0 Å².